The first kappa shape index (κ1) is 15.8. The second kappa shape index (κ2) is 6.45. The van der Waals surface area contributed by atoms with Crippen LogP contribution in [0.2, 0.25) is 0 Å². The number of rotatable bonds is 4. The first-order valence-corrected chi connectivity index (χ1v) is 7.86. The highest BCUT2D eigenvalue weighted by Gasteiger charge is 2.14. The van der Waals surface area contributed by atoms with Gasteiger partial charge in [0, 0.05) is 16.7 Å². The Morgan fingerprint density at radius 3 is 2.38 bits per heavy atom. The van der Waals surface area contributed by atoms with E-state index in [4.69, 9.17) is 5.73 Å². The zero-order valence-electron chi connectivity index (χ0n) is 11.9. The molecule has 0 saturated heterocycles. The Labute approximate surface area is 125 Å². The molecule has 0 aromatic heterocycles. The maximum Gasteiger partial charge on any atom is 0.160 e. The average molecular weight is 309 g/mol. The Kier molecular flexibility index (Phi) is 4.85. The Balaban J connectivity index is 2.14. The fourth-order valence-electron chi connectivity index (χ4n) is 1.97. The van der Waals surface area contributed by atoms with E-state index in [1.165, 1.54) is 6.07 Å². The summed E-state index contributed by atoms with van der Waals surface area (Å²) in [6, 6.07) is 8.66. The molecule has 0 aliphatic carbocycles. The summed E-state index contributed by atoms with van der Waals surface area (Å²) in [6.45, 7) is 3.99. The molecule has 2 nitrogen and oxygen atoms in total. The van der Waals surface area contributed by atoms with E-state index in [9.17, 15) is 13.0 Å². The third-order valence-electron chi connectivity index (χ3n) is 3.44. The van der Waals surface area contributed by atoms with E-state index in [0.29, 0.717) is 0 Å². The van der Waals surface area contributed by atoms with Crippen molar-refractivity contribution in [3.8, 4) is 0 Å². The van der Waals surface area contributed by atoms with Crippen LogP contribution in [0.15, 0.2) is 41.3 Å². The van der Waals surface area contributed by atoms with Crippen molar-refractivity contribution in [1.82, 2.24) is 0 Å². The maximum atomic E-state index is 13.2. The van der Waals surface area contributed by atoms with Gasteiger partial charge in [-0.15, -0.1) is 0 Å². The summed E-state index contributed by atoms with van der Waals surface area (Å²) in [4.78, 5) is 0.244. The normalized spacial score (nSPS) is 14.0. The van der Waals surface area contributed by atoms with Gasteiger partial charge in [-0.25, -0.2) is 8.78 Å². The third-order valence-corrected chi connectivity index (χ3v) is 4.89. The van der Waals surface area contributed by atoms with Gasteiger partial charge < -0.3 is 5.73 Å². The summed E-state index contributed by atoms with van der Waals surface area (Å²) in [5.74, 6) is -1.79. The van der Waals surface area contributed by atoms with E-state index in [1.54, 1.807) is 0 Å². The molecule has 0 aliphatic heterocycles. The molecule has 0 spiro atoms. The minimum atomic E-state index is -1.48. The molecule has 0 aliphatic rings. The molecule has 0 fully saturated rings. The van der Waals surface area contributed by atoms with Crippen LogP contribution in [0.1, 0.15) is 22.7 Å². The highest BCUT2D eigenvalue weighted by molar-refractivity contribution is 7.85. The maximum absolute atomic E-state index is 13.2. The van der Waals surface area contributed by atoms with Crippen molar-refractivity contribution in [2.75, 3.05) is 5.75 Å². The van der Waals surface area contributed by atoms with E-state index in [2.05, 4.69) is 0 Å². The molecule has 2 unspecified atom stereocenters. The lowest BCUT2D eigenvalue weighted by Crippen LogP contribution is -2.18. The zero-order chi connectivity index (χ0) is 15.6. The number of hydrogen-bond acceptors (Lipinski definition) is 2. The highest BCUT2D eigenvalue weighted by Crippen LogP contribution is 2.19. The van der Waals surface area contributed by atoms with E-state index >= 15 is 0 Å². The van der Waals surface area contributed by atoms with Crippen molar-refractivity contribution < 1.29 is 13.0 Å². The van der Waals surface area contributed by atoms with Crippen molar-refractivity contribution in [1.29, 1.82) is 0 Å². The Morgan fingerprint density at radius 2 is 1.76 bits per heavy atom. The lowest BCUT2D eigenvalue weighted by atomic mass is 10.0. The zero-order valence-corrected chi connectivity index (χ0v) is 12.7. The Hall–Kier alpha value is -1.59. The molecular weight excluding hydrogens is 292 g/mol. The largest absolute Gasteiger partial charge is 0.323 e. The van der Waals surface area contributed by atoms with Crippen LogP contribution >= 0.6 is 0 Å². The molecule has 112 valence electrons. The number of benzene rings is 2. The van der Waals surface area contributed by atoms with Crippen LogP contribution in [0.5, 0.6) is 0 Å². The second-order valence-corrected chi connectivity index (χ2v) is 6.53. The standard InChI is InChI=1S/C16H17F2NOS/c1-10-3-4-12(7-11(10)2)16(19)9-21(20)13-5-6-14(17)15(18)8-13/h3-8,16H,9,19H2,1-2H3. The van der Waals surface area contributed by atoms with Crippen LogP contribution in [-0.4, -0.2) is 9.96 Å². The summed E-state index contributed by atoms with van der Waals surface area (Å²) < 4.78 is 38.2. The fourth-order valence-corrected chi connectivity index (χ4v) is 3.14. The molecule has 0 amide bonds. The average Bonchev–Trinajstić information content (AvgIpc) is 2.44. The number of nitrogens with two attached hydrogens (primary N) is 1. The van der Waals surface area contributed by atoms with Gasteiger partial charge >= 0.3 is 0 Å². The van der Waals surface area contributed by atoms with Crippen molar-refractivity contribution in [3.05, 3.63) is 64.7 Å². The summed E-state index contributed by atoms with van der Waals surface area (Å²) in [5, 5.41) is 0. The molecule has 21 heavy (non-hydrogen) atoms. The Morgan fingerprint density at radius 1 is 1.05 bits per heavy atom. The van der Waals surface area contributed by atoms with Gasteiger partial charge in [0.25, 0.3) is 0 Å². The number of aryl methyl sites for hydroxylation is 2. The van der Waals surface area contributed by atoms with E-state index in [-0.39, 0.29) is 10.6 Å². The monoisotopic (exact) mass is 309 g/mol. The molecule has 2 rings (SSSR count). The molecule has 2 atom stereocenters. The molecule has 2 N–H and O–H groups in total. The van der Waals surface area contributed by atoms with Crippen molar-refractivity contribution in [3.63, 3.8) is 0 Å². The first-order valence-electron chi connectivity index (χ1n) is 6.54. The molecule has 2 aromatic rings. The van der Waals surface area contributed by atoms with Gasteiger partial charge in [-0.05, 0) is 48.7 Å². The third kappa shape index (κ3) is 3.74. The van der Waals surface area contributed by atoms with Gasteiger partial charge in [0.05, 0.1) is 10.8 Å². The minimum Gasteiger partial charge on any atom is -0.323 e. The van der Waals surface area contributed by atoms with Crippen molar-refractivity contribution in [2.24, 2.45) is 5.73 Å². The molecule has 0 saturated carbocycles. The first-order chi connectivity index (χ1) is 9.88. The van der Waals surface area contributed by atoms with Gasteiger partial charge in [0.1, 0.15) is 0 Å². The van der Waals surface area contributed by atoms with Gasteiger partial charge in [0.2, 0.25) is 0 Å². The fraction of sp³-hybridized carbons (Fsp3) is 0.250. The second-order valence-electron chi connectivity index (χ2n) is 5.04. The summed E-state index contributed by atoms with van der Waals surface area (Å²) in [5.41, 5.74) is 9.22. The molecular formula is C16H17F2NOS. The van der Waals surface area contributed by atoms with Gasteiger partial charge in [0.15, 0.2) is 11.6 Å². The van der Waals surface area contributed by atoms with E-state index in [0.717, 1.165) is 28.8 Å². The molecule has 0 heterocycles. The topological polar surface area (TPSA) is 43.1 Å². The van der Waals surface area contributed by atoms with Crippen molar-refractivity contribution in [2.45, 2.75) is 24.8 Å². The molecule has 0 radical (unpaired) electrons. The van der Waals surface area contributed by atoms with Crippen LogP contribution in [0.4, 0.5) is 8.78 Å². The Bertz CT molecular complexity index is 688. The lowest BCUT2D eigenvalue weighted by Gasteiger charge is -2.13. The lowest BCUT2D eigenvalue weighted by molar-refractivity contribution is 0.505. The predicted octanol–water partition coefficient (Wildman–Crippen LogP) is 3.39. The number of halogens is 2. The van der Waals surface area contributed by atoms with Crippen LogP contribution in [0.3, 0.4) is 0 Å². The quantitative estimate of drug-likeness (QED) is 0.941. The van der Waals surface area contributed by atoms with Gasteiger partial charge in [-0.2, -0.15) is 0 Å². The molecule has 5 heteroatoms. The smallest absolute Gasteiger partial charge is 0.160 e. The highest BCUT2D eigenvalue weighted by atomic mass is 32.2. The van der Waals surface area contributed by atoms with Gasteiger partial charge in [-0.3, -0.25) is 4.21 Å². The molecule has 0 bridgehead atoms. The van der Waals surface area contributed by atoms with Crippen LogP contribution in [0, 0.1) is 25.5 Å². The van der Waals surface area contributed by atoms with Crippen LogP contribution < -0.4 is 5.73 Å². The molecule has 2 aromatic carbocycles. The van der Waals surface area contributed by atoms with Crippen molar-refractivity contribution >= 4 is 10.8 Å². The minimum absolute atomic E-state index is 0.160. The van der Waals surface area contributed by atoms with E-state index in [1.807, 2.05) is 32.0 Å². The van der Waals surface area contributed by atoms with Crippen LogP contribution in [-0.2, 0) is 10.8 Å². The summed E-state index contributed by atoms with van der Waals surface area (Å²) >= 11 is 0. The SMILES string of the molecule is Cc1ccc(C(N)CS(=O)c2ccc(F)c(F)c2)cc1C. The van der Waals surface area contributed by atoms with Crippen LogP contribution in [0.25, 0.3) is 0 Å². The van der Waals surface area contributed by atoms with E-state index < -0.39 is 28.5 Å². The predicted molar refractivity (Wildman–Crippen MR) is 80.5 cm³/mol. The number of hydrogen-bond donors (Lipinski definition) is 1. The summed E-state index contributed by atoms with van der Waals surface area (Å²) in [6.07, 6.45) is 0. The summed E-state index contributed by atoms with van der Waals surface area (Å²) in [7, 11) is -1.48. The van der Waals surface area contributed by atoms with Gasteiger partial charge in [-0.1, -0.05) is 18.2 Å².